The van der Waals surface area contributed by atoms with E-state index in [1.807, 2.05) is 12.1 Å². The maximum Gasteiger partial charge on any atom is 0.218 e. The van der Waals surface area contributed by atoms with E-state index in [0.717, 1.165) is 5.56 Å². The van der Waals surface area contributed by atoms with E-state index in [4.69, 9.17) is 39.5 Å². The van der Waals surface area contributed by atoms with Crippen molar-refractivity contribution in [3.8, 4) is 5.88 Å². The molecule has 0 unspecified atom stereocenters. The van der Waals surface area contributed by atoms with Crippen LogP contribution in [0.25, 0.3) is 0 Å². The molecule has 0 bridgehead atoms. The molecule has 0 radical (unpaired) electrons. The van der Waals surface area contributed by atoms with Crippen LogP contribution in [0.3, 0.4) is 0 Å². The first-order chi connectivity index (χ1) is 9.11. The molecule has 0 fully saturated rings. The van der Waals surface area contributed by atoms with Gasteiger partial charge in [0, 0.05) is 18.3 Å². The van der Waals surface area contributed by atoms with Crippen molar-refractivity contribution >= 4 is 40.5 Å². The number of benzene rings is 1. The largest absolute Gasteiger partial charge is 0.481 e. The molecule has 0 saturated carbocycles. The van der Waals surface area contributed by atoms with Crippen molar-refractivity contribution < 1.29 is 4.74 Å². The Kier molecular flexibility index (Phi) is 4.75. The predicted octanol–water partition coefficient (Wildman–Crippen LogP) is 4.66. The molecule has 1 aromatic heterocycles. The van der Waals surface area contributed by atoms with Gasteiger partial charge in [-0.15, -0.1) is 0 Å². The van der Waals surface area contributed by atoms with Crippen LogP contribution in [0.2, 0.25) is 15.1 Å². The zero-order valence-electron chi connectivity index (χ0n) is 10.1. The Morgan fingerprint density at radius 3 is 2.63 bits per heavy atom. The van der Waals surface area contributed by atoms with Crippen LogP contribution in [-0.4, -0.2) is 12.1 Å². The normalized spacial score (nSPS) is 10.3. The average Bonchev–Trinajstić information content (AvgIpc) is 2.41. The number of nitrogens with one attached hydrogen (secondary N) is 1. The number of methoxy groups -OCH3 is 1. The van der Waals surface area contributed by atoms with Gasteiger partial charge in [0.1, 0.15) is 0 Å². The number of nitrogens with zero attached hydrogens (tertiary/aromatic N) is 1. The Labute approximate surface area is 126 Å². The molecule has 19 heavy (non-hydrogen) atoms. The van der Waals surface area contributed by atoms with E-state index in [-0.39, 0.29) is 0 Å². The Morgan fingerprint density at radius 1 is 1.16 bits per heavy atom. The van der Waals surface area contributed by atoms with E-state index < -0.39 is 0 Å². The van der Waals surface area contributed by atoms with Crippen LogP contribution in [0.15, 0.2) is 30.5 Å². The summed E-state index contributed by atoms with van der Waals surface area (Å²) in [6.07, 6.45) is 1.68. The molecule has 6 heteroatoms. The summed E-state index contributed by atoms with van der Waals surface area (Å²) >= 11 is 17.9. The van der Waals surface area contributed by atoms with Gasteiger partial charge in [-0.1, -0.05) is 40.9 Å². The van der Waals surface area contributed by atoms with Gasteiger partial charge >= 0.3 is 0 Å². The van der Waals surface area contributed by atoms with Crippen molar-refractivity contribution in [2.24, 2.45) is 0 Å². The molecule has 1 N–H and O–H groups in total. The van der Waals surface area contributed by atoms with Crippen LogP contribution in [0.5, 0.6) is 5.88 Å². The Hall–Kier alpha value is -1.16. The number of aromatic nitrogens is 1. The molecular formula is C13H11Cl3N2O. The minimum atomic E-state index is 0.427. The first kappa shape index (κ1) is 14.3. The van der Waals surface area contributed by atoms with Crippen LogP contribution in [0.1, 0.15) is 5.56 Å². The highest BCUT2D eigenvalue weighted by atomic mass is 35.5. The lowest BCUT2D eigenvalue weighted by atomic mass is 10.2. The van der Waals surface area contributed by atoms with Crippen LogP contribution >= 0.6 is 34.8 Å². The number of hydrogen-bond donors (Lipinski definition) is 1. The average molecular weight is 318 g/mol. The van der Waals surface area contributed by atoms with Gasteiger partial charge in [0.15, 0.2) is 0 Å². The molecule has 2 aromatic rings. The van der Waals surface area contributed by atoms with Crippen molar-refractivity contribution in [2.75, 3.05) is 12.4 Å². The maximum atomic E-state index is 6.09. The molecule has 0 aliphatic rings. The highest BCUT2D eigenvalue weighted by Crippen LogP contribution is 2.32. The zero-order valence-corrected chi connectivity index (χ0v) is 12.4. The summed E-state index contributed by atoms with van der Waals surface area (Å²) in [6.45, 7) is 0.523. The van der Waals surface area contributed by atoms with Gasteiger partial charge in [0.05, 0.1) is 27.9 Å². The minimum absolute atomic E-state index is 0.427. The third-order valence-electron chi connectivity index (χ3n) is 2.52. The third kappa shape index (κ3) is 3.44. The first-order valence-corrected chi connectivity index (χ1v) is 6.61. The Morgan fingerprint density at radius 2 is 1.89 bits per heavy atom. The highest BCUT2D eigenvalue weighted by molar-refractivity contribution is 6.44. The van der Waals surface area contributed by atoms with E-state index in [1.165, 1.54) is 0 Å². The van der Waals surface area contributed by atoms with Crippen LogP contribution in [-0.2, 0) is 6.54 Å². The summed E-state index contributed by atoms with van der Waals surface area (Å²) in [6, 6.07) is 7.06. The van der Waals surface area contributed by atoms with Gasteiger partial charge in [-0.2, -0.15) is 0 Å². The highest BCUT2D eigenvalue weighted by Gasteiger charge is 2.07. The van der Waals surface area contributed by atoms with Gasteiger partial charge in [-0.25, -0.2) is 4.98 Å². The molecule has 0 atom stereocenters. The second-order valence-electron chi connectivity index (χ2n) is 3.77. The van der Waals surface area contributed by atoms with E-state index in [0.29, 0.717) is 33.2 Å². The smallest absolute Gasteiger partial charge is 0.218 e. The fourth-order valence-electron chi connectivity index (χ4n) is 1.59. The van der Waals surface area contributed by atoms with Crippen molar-refractivity contribution in [1.82, 2.24) is 4.98 Å². The molecular weight excluding hydrogens is 307 g/mol. The number of hydrogen-bond acceptors (Lipinski definition) is 3. The van der Waals surface area contributed by atoms with Gasteiger partial charge in [0.2, 0.25) is 5.88 Å². The fraction of sp³-hybridized carbons (Fsp3) is 0.154. The number of pyridine rings is 1. The lowest BCUT2D eigenvalue weighted by molar-refractivity contribution is 0.393. The summed E-state index contributed by atoms with van der Waals surface area (Å²) in [7, 11) is 1.58. The topological polar surface area (TPSA) is 34.1 Å². The molecule has 0 amide bonds. The summed E-state index contributed by atoms with van der Waals surface area (Å²) < 4.78 is 5.18. The quantitative estimate of drug-likeness (QED) is 0.833. The minimum Gasteiger partial charge on any atom is -0.481 e. The Bertz CT molecular complexity index is 590. The number of rotatable bonds is 4. The predicted molar refractivity (Wildman–Crippen MR) is 79.6 cm³/mol. The summed E-state index contributed by atoms with van der Waals surface area (Å²) in [5, 5.41) is 4.57. The van der Waals surface area contributed by atoms with Crippen molar-refractivity contribution in [3.63, 3.8) is 0 Å². The standard InChI is InChI=1S/C13H11Cl3N2O/c1-19-13-8(3-2-4-17-13)7-18-12-6-10(15)9(14)5-11(12)16/h2-6,18H,7H2,1H3. The number of halogens is 3. The number of ether oxygens (including phenoxy) is 1. The van der Waals surface area contributed by atoms with E-state index >= 15 is 0 Å². The monoisotopic (exact) mass is 316 g/mol. The van der Waals surface area contributed by atoms with Gasteiger partial charge in [0.25, 0.3) is 0 Å². The van der Waals surface area contributed by atoms with E-state index in [1.54, 1.807) is 25.4 Å². The lowest BCUT2D eigenvalue weighted by Gasteiger charge is -2.11. The van der Waals surface area contributed by atoms with Crippen molar-refractivity contribution in [2.45, 2.75) is 6.54 Å². The molecule has 0 spiro atoms. The van der Waals surface area contributed by atoms with E-state index in [2.05, 4.69) is 10.3 Å². The van der Waals surface area contributed by atoms with Gasteiger partial charge in [-0.3, -0.25) is 0 Å². The maximum absolute atomic E-state index is 6.09. The number of anilines is 1. The molecule has 0 aliphatic heterocycles. The molecule has 1 heterocycles. The molecule has 100 valence electrons. The van der Waals surface area contributed by atoms with Crippen LogP contribution < -0.4 is 10.1 Å². The zero-order chi connectivity index (χ0) is 13.8. The molecule has 1 aromatic carbocycles. The van der Waals surface area contributed by atoms with Crippen LogP contribution in [0, 0.1) is 0 Å². The van der Waals surface area contributed by atoms with Crippen molar-refractivity contribution in [1.29, 1.82) is 0 Å². The molecule has 2 rings (SSSR count). The SMILES string of the molecule is COc1ncccc1CNc1cc(Cl)c(Cl)cc1Cl. The summed E-state index contributed by atoms with van der Waals surface area (Å²) in [5.74, 6) is 0.575. The van der Waals surface area contributed by atoms with Crippen molar-refractivity contribution in [3.05, 3.63) is 51.1 Å². The molecule has 3 nitrogen and oxygen atoms in total. The fourth-order valence-corrected chi connectivity index (χ4v) is 2.20. The third-order valence-corrected chi connectivity index (χ3v) is 3.56. The second-order valence-corrected chi connectivity index (χ2v) is 4.99. The van der Waals surface area contributed by atoms with Gasteiger partial charge < -0.3 is 10.1 Å². The lowest BCUT2D eigenvalue weighted by Crippen LogP contribution is -2.03. The summed E-state index contributed by atoms with van der Waals surface area (Å²) in [4.78, 5) is 4.12. The molecule has 0 aliphatic carbocycles. The van der Waals surface area contributed by atoms with E-state index in [9.17, 15) is 0 Å². The first-order valence-electron chi connectivity index (χ1n) is 5.48. The summed E-state index contributed by atoms with van der Waals surface area (Å²) in [5.41, 5.74) is 1.63. The van der Waals surface area contributed by atoms with Gasteiger partial charge in [-0.05, 0) is 18.2 Å². The molecule has 0 saturated heterocycles. The second kappa shape index (κ2) is 6.33. The Balaban J connectivity index is 2.17. The van der Waals surface area contributed by atoms with Crippen LogP contribution in [0.4, 0.5) is 5.69 Å².